The van der Waals surface area contributed by atoms with Crippen LogP contribution in [0.5, 0.6) is 0 Å². The van der Waals surface area contributed by atoms with Gasteiger partial charge in [-0.15, -0.1) is 0 Å². The largest absolute Gasteiger partial charge is 0.410 e. The number of aryl methyl sites for hydroxylation is 1. The van der Waals surface area contributed by atoms with Crippen molar-refractivity contribution in [2.45, 2.75) is 45.8 Å². The average Bonchev–Trinajstić information content (AvgIpc) is 2.06. The Morgan fingerprint density at radius 1 is 1.00 bits per heavy atom. The molecule has 0 atom stereocenters. The van der Waals surface area contributed by atoms with Crippen molar-refractivity contribution in [2.75, 3.05) is 4.98 Å². The highest BCUT2D eigenvalue weighted by molar-refractivity contribution is 6.83. The van der Waals surface area contributed by atoms with Gasteiger partial charge < -0.3 is 4.98 Å². The Morgan fingerprint density at radius 3 is 1.87 bits per heavy atom. The Kier molecular flexibility index (Phi) is 3.29. The van der Waals surface area contributed by atoms with E-state index >= 15 is 0 Å². The van der Waals surface area contributed by atoms with Crippen molar-refractivity contribution in [3.63, 3.8) is 0 Å². The smallest absolute Gasteiger partial charge is 0.152 e. The van der Waals surface area contributed by atoms with E-state index in [1.807, 2.05) is 0 Å². The maximum Gasteiger partial charge on any atom is 0.152 e. The van der Waals surface area contributed by atoms with Gasteiger partial charge >= 0.3 is 0 Å². The van der Waals surface area contributed by atoms with Crippen molar-refractivity contribution >= 4 is 13.9 Å². The van der Waals surface area contributed by atoms with Crippen molar-refractivity contribution in [3.8, 4) is 0 Å². The quantitative estimate of drug-likeness (QED) is 0.729. The molecule has 0 spiro atoms. The fraction of sp³-hybridized carbons (Fsp3) is 0.538. The van der Waals surface area contributed by atoms with E-state index in [-0.39, 0.29) is 0 Å². The summed E-state index contributed by atoms with van der Waals surface area (Å²) < 4.78 is 0. The summed E-state index contributed by atoms with van der Waals surface area (Å²) in [5.74, 6) is 0. The maximum absolute atomic E-state index is 3.72. The highest BCUT2D eigenvalue weighted by Gasteiger charge is 2.35. The summed E-state index contributed by atoms with van der Waals surface area (Å²) in [6.45, 7) is 13.8. The van der Waals surface area contributed by atoms with Crippen LogP contribution in [0.2, 0.25) is 18.1 Å². The molecule has 0 aromatic heterocycles. The summed E-state index contributed by atoms with van der Waals surface area (Å²) in [6, 6.07) is 8.68. The zero-order valence-corrected chi connectivity index (χ0v) is 11.8. The second-order valence-corrected chi connectivity index (χ2v) is 10.9. The lowest BCUT2D eigenvalue weighted by Crippen LogP contribution is -2.45. The summed E-state index contributed by atoms with van der Waals surface area (Å²) in [6.07, 6.45) is 0. The minimum absolute atomic E-state index is 0.373. The predicted octanol–water partition coefficient (Wildman–Crippen LogP) is 4.41. The Balaban J connectivity index is 2.82. The second kappa shape index (κ2) is 4.01. The van der Waals surface area contributed by atoms with E-state index in [9.17, 15) is 0 Å². The summed E-state index contributed by atoms with van der Waals surface area (Å²) in [4.78, 5) is 3.72. The van der Waals surface area contributed by atoms with Crippen LogP contribution < -0.4 is 4.98 Å². The molecular formula is C13H23NSi. The number of nitrogens with one attached hydrogen (secondary N) is 1. The van der Waals surface area contributed by atoms with Gasteiger partial charge in [0, 0.05) is 5.69 Å². The fourth-order valence-electron chi connectivity index (χ4n) is 1.19. The van der Waals surface area contributed by atoms with Crippen LogP contribution in [-0.4, -0.2) is 8.24 Å². The van der Waals surface area contributed by atoms with Gasteiger partial charge in [0.25, 0.3) is 0 Å². The molecule has 1 N–H and O–H groups in total. The number of benzene rings is 1. The van der Waals surface area contributed by atoms with Crippen molar-refractivity contribution in [1.82, 2.24) is 0 Å². The molecule has 1 aromatic rings. The second-order valence-electron chi connectivity index (χ2n) is 5.87. The van der Waals surface area contributed by atoms with E-state index < -0.39 is 8.24 Å². The summed E-state index contributed by atoms with van der Waals surface area (Å²) in [5, 5.41) is 0.373. The van der Waals surface area contributed by atoms with E-state index in [0.717, 1.165) is 0 Å². The van der Waals surface area contributed by atoms with E-state index in [1.54, 1.807) is 0 Å². The minimum atomic E-state index is -1.41. The molecule has 0 bridgehead atoms. The Morgan fingerprint density at radius 2 is 1.47 bits per heavy atom. The van der Waals surface area contributed by atoms with E-state index in [1.165, 1.54) is 11.3 Å². The lowest BCUT2D eigenvalue weighted by Gasteiger charge is -2.38. The van der Waals surface area contributed by atoms with Crippen molar-refractivity contribution in [2.24, 2.45) is 0 Å². The lowest BCUT2D eigenvalue weighted by atomic mass is 10.2. The van der Waals surface area contributed by atoms with Gasteiger partial charge in [-0.3, -0.25) is 0 Å². The molecule has 0 aliphatic rings. The molecule has 0 heterocycles. The van der Waals surface area contributed by atoms with Crippen molar-refractivity contribution < 1.29 is 0 Å². The monoisotopic (exact) mass is 221 g/mol. The molecule has 0 fully saturated rings. The Labute approximate surface area is 95.0 Å². The Hall–Kier alpha value is -0.763. The van der Waals surface area contributed by atoms with Crippen molar-refractivity contribution in [1.29, 1.82) is 0 Å². The molecule has 15 heavy (non-hydrogen) atoms. The van der Waals surface area contributed by atoms with Crippen LogP contribution >= 0.6 is 0 Å². The molecule has 0 saturated heterocycles. The van der Waals surface area contributed by atoms with E-state index in [0.29, 0.717) is 5.04 Å². The molecule has 0 unspecified atom stereocenters. The zero-order chi connectivity index (χ0) is 11.7. The van der Waals surface area contributed by atoms with Crippen molar-refractivity contribution in [3.05, 3.63) is 29.8 Å². The molecule has 0 amide bonds. The third-order valence-electron chi connectivity index (χ3n) is 3.38. The van der Waals surface area contributed by atoms with Crippen LogP contribution in [0.3, 0.4) is 0 Å². The van der Waals surface area contributed by atoms with Gasteiger partial charge in [-0.1, -0.05) is 51.6 Å². The molecule has 1 nitrogen and oxygen atoms in total. The lowest BCUT2D eigenvalue weighted by molar-refractivity contribution is 0.723. The van der Waals surface area contributed by atoms with Gasteiger partial charge in [0.1, 0.15) is 0 Å². The van der Waals surface area contributed by atoms with Crippen LogP contribution in [-0.2, 0) is 0 Å². The minimum Gasteiger partial charge on any atom is -0.410 e. The van der Waals surface area contributed by atoms with Gasteiger partial charge in [-0.05, 0) is 24.1 Å². The third-order valence-corrected chi connectivity index (χ3v) is 8.05. The normalized spacial score (nSPS) is 12.7. The SMILES string of the molecule is Cc1ccc(N[Si](C)(C)C(C)(C)C)cc1. The van der Waals surface area contributed by atoms with Crippen LogP contribution in [0.1, 0.15) is 26.3 Å². The van der Waals surface area contributed by atoms with Crippen LogP contribution in [0.4, 0.5) is 5.69 Å². The molecule has 84 valence electrons. The van der Waals surface area contributed by atoms with Gasteiger partial charge in [0.15, 0.2) is 8.24 Å². The van der Waals surface area contributed by atoms with Gasteiger partial charge in [0.2, 0.25) is 0 Å². The summed E-state index contributed by atoms with van der Waals surface area (Å²) >= 11 is 0. The molecule has 1 rings (SSSR count). The highest BCUT2D eigenvalue weighted by Crippen LogP contribution is 2.36. The maximum atomic E-state index is 3.72. The summed E-state index contributed by atoms with van der Waals surface area (Å²) in [7, 11) is -1.41. The van der Waals surface area contributed by atoms with Gasteiger partial charge in [-0.2, -0.15) is 0 Å². The molecule has 0 aliphatic carbocycles. The first-order valence-electron chi connectivity index (χ1n) is 5.57. The standard InChI is InChI=1S/C13H23NSi/c1-11-7-9-12(10-8-11)14-15(5,6)13(2,3)4/h7-10,14H,1-6H3. The molecule has 2 heteroatoms. The van der Waals surface area contributed by atoms with Crippen LogP contribution in [0.15, 0.2) is 24.3 Å². The number of hydrogen-bond donors (Lipinski definition) is 1. The molecule has 0 aliphatic heterocycles. The molecule has 1 aromatic carbocycles. The number of hydrogen-bond acceptors (Lipinski definition) is 1. The zero-order valence-electron chi connectivity index (χ0n) is 10.8. The fourth-order valence-corrected chi connectivity index (χ4v) is 2.45. The molecular weight excluding hydrogens is 198 g/mol. The van der Waals surface area contributed by atoms with Gasteiger partial charge in [0.05, 0.1) is 0 Å². The number of anilines is 1. The topological polar surface area (TPSA) is 12.0 Å². The van der Waals surface area contributed by atoms with Gasteiger partial charge in [-0.25, -0.2) is 0 Å². The number of rotatable bonds is 2. The first-order valence-corrected chi connectivity index (χ1v) is 8.57. The van der Waals surface area contributed by atoms with E-state index in [2.05, 4.69) is 70.0 Å². The average molecular weight is 221 g/mol. The molecule has 0 saturated carbocycles. The first-order chi connectivity index (χ1) is 6.72. The Bertz CT molecular complexity index is 319. The predicted molar refractivity (Wildman–Crippen MR) is 72.0 cm³/mol. The highest BCUT2D eigenvalue weighted by atomic mass is 28.3. The van der Waals surface area contributed by atoms with E-state index in [4.69, 9.17) is 0 Å². The van der Waals surface area contributed by atoms with Crippen LogP contribution in [0.25, 0.3) is 0 Å². The summed E-state index contributed by atoms with van der Waals surface area (Å²) in [5.41, 5.74) is 2.57. The molecule has 0 radical (unpaired) electrons. The first kappa shape index (κ1) is 12.3. The van der Waals surface area contributed by atoms with Crippen LogP contribution in [0, 0.1) is 6.92 Å². The third kappa shape index (κ3) is 3.10.